The lowest BCUT2D eigenvalue weighted by Gasteiger charge is -2.22. The molecule has 0 spiro atoms. The molecular formula is C14H25NO3. The topological polar surface area (TPSA) is 66.4 Å². The predicted molar refractivity (Wildman–Crippen MR) is 70.2 cm³/mol. The van der Waals surface area contributed by atoms with E-state index >= 15 is 0 Å². The summed E-state index contributed by atoms with van der Waals surface area (Å²) in [5.41, 5.74) is 0. The van der Waals surface area contributed by atoms with E-state index in [1.807, 2.05) is 0 Å². The first-order valence-electron chi connectivity index (χ1n) is 7.14. The van der Waals surface area contributed by atoms with E-state index < -0.39 is 5.97 Å². The summed E-state index contributed by atoms with van der Waals surface area (Å²) >= 11 is 0. The number of aliphatic carboxylic acids is 1. The van der Waals surface area contributed by atoms with Crippen molar-refractivity contribution in [3.63, 3.8) is 0 Å². The molecule has 1 atom stereocenters. The summed E-state index contributed by atoms with van der Waals surface area (Å²) in [4.78, 5) is 22.8. The van der Waals surface area contributed by atoms with Gasteiger partial charge in [-0.1, -0.05) is 26.2 Å². The molecule has 1 aliphatic carbocycles. The first-order chi connectivity index (χ1) is 8.65. The molecule has 104 valence electrons. The highest BCUT2D eigenvalue weighted by Crippen LogP contribution is 2.33. The first-order valence-corrected chi connectivity index (χ1v) is 7.14. The number of carbonyl (C=O) groups excluding carboxylic acids is 1. The summed E-state index contributed by atoms with van der Waals surface area (Å²) in [6.45, 7) is 2.80. The number of nitrogens with one attached hydrogen (secondary N) is 1. The van der Waals surface area contributed by atoms with Crippen molar-refractivity contribution in [1.29, 1.82) is 0 Å². The highest BCUT2D eigenvalue weighted by Gasteiger charge is 2.30. The fourth-order valence-corrected chi connectivity index (χ4v) is 2.74. The first kappa shape index (κ1) is 15.0. The normalized spacial score (nSPS) is 17.6. The molecule has 1 unspecified atom stereocenters. The van der Waals surface area contributed by atoms with Crippen LogP contribution in [-0.2, 0) is 9.59 Å². The standard InChI is InChI=1S/C14H25NO3/c1-2-3-10-15-14(18)12(8-9-13(16)17)11-6-4-5-7-11/h11-12H,2-10H2,1H3,(H,15,18)(H,16,17). The van der Waals surface area contributed by atoms with Gasteiger partial charge in [0.2, 0.25) is 5.91 Å². The third-order valence-corrected chi connectivity index (χ3v) is 3.80. The zero-order valence-electron chi connectivity index (χ0n) is 11.3. The van der Waals surface area contributed by atoms with E-state index in [1.165, 1.54) is 12.8 Å². The second kappa shape index (κ2) is 8.11. The summed E-state index contributed by atoms with van der Waals surface area (Å²) in [6, 6.07) is 0. The molecule has 0 aromatic rings. The van der Waals surface area contributed by atoms with Crippen LogP contribution in [0.3, 0.4) is 0 Å². The molecule has 18 heavy (non-hydrogen) atoms. The lowest BCUT2D eigenvalue weighted by molar-refractivity contribution is -0.137. The van der Waals surface area contributed by atoms with Gasteiger partial charge in [0, 0.05) is 18.9 Å². The predicted octanol–water partition coefficient (Wildman–Crippen LogP) is 2.57. The second-order valence-electron chi connectivity index (χ2n) is 5.23. The fraction of sp³-hybridized carbons (Fsp3) is 0.857. The summed E-state index contributed by atoms with van der Waals surface area (Å²) in [5.74, 6) is -0.442. The van der Waals surface area contributed by atoms with Crippen LogP contribution < -0.4 is 5.32 Å². The van der Waals surface area contributed by atoms with Crippen LogP contribution in [0.5, 0.6) is 0 Å². The molecule has 1 amide bonds. The second-order valence-corrected chi connectivity index (χ2v) is 5.23. The maximum Gasteiger partial charge on any atom is 0.303 e. The largest absolute Gasteiger partial charge is 0.481 e. The van der Waals surface area contributed by atoms with Crippen molar-refractivity contribution in [2.75, 3.05) is 6.54 Å². The zero-order valence-corrected chi connectivity index (χ0v) is 11.3. The molecule has 1 rings (SSSR count). The van der Waals surface area contributed by atoms with Crippen LogP contribution in [0.1, 0.15) is 58.3 Å². The summed E-state index contributed by atoms with van der Waals surface area (Å²) in [6.07, 6.45) is 7.13. The van der Waals surface area contributed by atoms with Crippen molar-refractivity contribution < 1.29 is 14.7 Å². The average Bonchev–Trinajstić information content (AvgIpc) is 2.83. The van der Waals surface area contributed by atoms with E-state index in [9.17, 15) is 9.59 Å². The molecule has 1 saturated carbocycles. The van der Waals surface area contributed by atoms with Crippen LogP contribution in [-0.4, -0.2) is 23.5 Å². The molecule has 0 aliphatic heterocycles. The van der Waals surface area contributed by atoms with E-state index in [1.54, 1.807) is 0 Å². The minimum Gasteiger partial charge on any atom is -0.481 e. The number of unbranched alkanes of at least 4 members (excludes halogenated alkanes) is 1. The van der Waals surface area contributed by atoms with Crippen molar-refractivity contribution in [2.24, 2.45) is 11.8 Å². The number of hydrogen-bond acceptors (Lipinski definition) is 2. The minimum absolute atomic E-state index is 0.0663. The van der Waals surface area contributed by atoms with Crippen molar-refractivity contribution in [2.45, 2.75) is 58.3 Å². The van der Waals surface area contributed by atoms with Crippen molar-refractivity contribution in [3.8, 4) is 0 Å². The van der Waals surface area contributed by atoms with Gasteiger partial charge in [0.25, 0.3) is 0 Å². The molecule has 1 aliphatic rings. The molecule has 4 nitrogen and oxygen atoms in total. The maximum absolute atomic E-state index is 12.1. The number of carboxylic acids is 1. The van der Waals surface area contributed by atoms with Gasteiger partial charge in [0.15, 0.2) is 0 Å². The van der Waals surface area contributed by atoms with Gasteiger partial charge in [-0.05, 0) is 31.6 Å². The van der Waals surface area contributed by atoms with E-state index in [4.69, 9.17) is 5.11 Å². The summed E-state index contributed by atoms with van der Waals surface area (Å²) < 4.78 is 0. The van der Waals surface area contributed by atoms with Crippen LogP contribution in [0.4, 0.5) is 0 Å². The van der Waals surface area contributed by atoms with Gasteiger partial charge in [0.1, 0.15) is 0 Å². The Bertz CT molecular complexity index is 272. The van der Waals surface area contributed by atoms with Gasteiger partial charge in [-0.3, -0.25) is 9.59 Å². The van der Waals surface area contributed by atoms with E-state index in [0.717, 1.165) is 25.7 Å². The van der Waals surface area contributed by atoms with Gasteiger partial charge < -0.3 is 10.4 Å². The Morgan fingerprint density at radius 2 is 2.00 bits per heavy atom. The van der Waals surface area contributed by atoms with Gasteiger partial charge in [0.05, 0.1) is 0 Å². The van der Waals surface area contributed by atoms with Crippen LogP contribution in [0.15, 0.2) is 0 Å². The quantitative estimate of drug-likeness (QED) is 0.655. The minimum atomic E-state index is -0.806. The lowest BCUT2D eigenvalue weighted by atomic mass is 9.86. The summed E-state index contributed by atoms with van der Waals surface area (Å²) in [5, 5.41) is 11.7. The van der Waals surface area contributed by atoms with Gasteiger partial charge in [-0.25, -0.2) is 0 Å². The number of carboxylic acid groups (broad SMARTS) is 1. The van der Waals surface area contributed by atoms with E-state index in [2.05, 4.69) is 12.2 Å². The Labute approximate surface area is 109 Å². The number of carbonyl (C=O) groups is 2. The lowest BCUT2D eigenvalue weighted by Crippen LogP contribution is -2.35. The third-order valence-electron chi connectivity index (χ3n) is 3.80. The Kier molecular flexibility index (Phi) is 6.76. The molecule has 2 N–H and O–H groups in total. The smallest absolute Gasteiger partial charge is 0.303 e. The maximum atomic E-state index is 12.1. The monoisotopic (exact) mass is 255 g/mol. The third kappa shape index (κ3) is 5.07. The molecule has 1 fully saturated rings. The Morgan fingerprint density at radius 1 is 1.33 bits per heavy atom. The van der Waals surface area contributed by atoms with Crippen LogP contribution >= 0.6 is 0 Å². The molecule has 0 heterocycles. The molecule has 0 aromatic carbocycles. The molecular weight excluding hydrogens is 230 g/mol. The highest BCUT2D eigenvalue weighted by molar-refractivity contribution is 5.79. The van der Waals surface area contributed by atoms with Crippen LogP contribution in [0.2, 0.25) is 0 Å². The molecule has 0 radical (unpaired) electrons. The zero-order chi connectivity index (χ0) is 13.4. The Morgan fingerprint density at radius 3 is 2.56 bits per heavy atom. The van der Waals surface area contributed by atoms with Gasteiger partial charge in [-0.2, -0.15) is 0 Å². The Balaban J connectivity index is 2.46. The molecule has 0 aromatic heterocycles. The van der Waals surface area contributed by atoms with E-state index in [-0.39, 0.29) is 18.2 Å². The molecule has 0 saturated heterocycles. The van der Waals surface area contributed by atoms with E-state index in [0.29, 0.717) is 18.9 Å². The fourth-order valence-electron chi connectivity index (χ4n) is 2.74. The van der Waals surface area contributed by atoms with Crippen molar-refractivity contribution in [1.82, 2.24) is 5.32 Å². The average molecular weight is 255 g/mol. The van der Waals surface area contributed by atoms with Crippen molar-refractivity contribution in [3.05, 3.63) is 0 Å². The number of hydrogen-bond donors (Lipinski definition) is 2. The highest BCUT2D eigenvalue weighted by atomic mass is 16.4. The number of amides is 1. The van der Waals surface area contributed by atoms with Gasteiger partial charge >= 0.3 is 5.97 Å². The van der Waals surface area contributed by atoms with Crippen molar-refractivity contribution >= 4 is 11.9 Å². The van der Waals surface area contributed by atoms with Crippen LogP contribution in [0, 0.1) is 11.8 Å². The molecule has 4 heteroatoms. The van der Waals surface area contributed by atoms with Crippen LogP contribution in [0.25, 0.3) is 0 Å². The summed E-state index contributed by atoms with van der Waals surface area (Å²) in [7, 11) is 0. The number of rotatable bonds is 8. The molecule has 0 bridgehead atoms. The SMILES string of the molecule is CCCCNC(=O)C(CCC(=O)O)C1CCCC1. The Hall–Kier alpha value is -1.06. The van der Waals surface area contributed by atoms with Gasteiger partial charge in [-0.15, -0.1) is 0 Å².